The van der Waals surface area contributed by atoms with Gasteiger partial charge in [-0.05, 0) is 12.3 Å². The van der Waals surface area contributed by atoms with E-state index in [-0.39, 0.29) is 23.5 Å². The van der Waals surface area contributed by atoms with Crippen LogP contribution in [0.15, 0.2) is 15.9 Å². The predicted octanol–water partition coefficient (Wildman–Crippen LogP) is -0.951. The molecule has 0 saturated carbocycles. The molecule has 136 valence electrons. The fraction of sp³-hybridized carbons (Fsp3) is 0.533. The van der Waals surface area contributed by atoms with Gasteiger partial charge in [0.25, 0.3) is 5.56 Å². The summed E-state index contributed by atoms with van der Waals surface area (Å²) >= 11 is 0. The minimum Gasteiger partial charge on any atom is -0.480 e. The molecule has 2 aromatic rings. The normalized spacial score (nSPS) is 12.5. The second-order valence-electron chi connectivity index (χ2n) is 6.35. The van der Waals surface area contributed by atoms with E-state index in [1.807, 2.05) is 13.8 Å². The number of nitrogens with one attached hydrogen (secondary N) is 1. The maximum Gasteiger partial charge on any atom is 0.332 e. The van der Waals surface area contributed by atoms with Crippen molar-refractivity contribution in [2.24, 2.45) is 20.0 Å². The van der Waals surface area contributed by atoms with Crippen LogP contribution in [-0.2, 0) is 30.2 Å². The van der Waals surface area contributed by atoms with Crippen LogP contribution in [0.2, 0.25) is 0 Å². The first-order chi connectivity index (χ1) is 11.6. The van der Waals surface area contributed by atoms with Crippen molar-refractivity contribution < 1.29 is 14.7 Å². The van der Waals surface area contributed by atoms with Crippen LogP contribution in [0.3, 0.4) is 0 Å². The number of carboxylic acids is 1. The van der Waals surface area contributed by atoms with Crippen LogP contribution in [0.1, 0.15) is 20.3 Å². The number of carbonyl (C=O) groups excluding carboxylic acids is 1. The van der Waals surface area contributed by atoms with Gasteiger partial charge < -0.3 is 15.0 Å². The highest BCUT2D eigenvalue weighted by molar-refractivity contribution is 5.83. The number of amides is 1. The maximum atomic E-state index is 12.5. The van der Waals surface area contributed by atoms with Crippen LogP contribution >= 0.6 is 0 Å². The van der Waals surface area contributed by atoms with Gasteiger partial charge in [0.1, 0.15) is 12.6 Å². The SMILES string of the molecule is CC(C)CC(NC(=O)Cn1c(=O)c2c(ncn2C)n(C)c1=O)C(=O)O. The third kappa shape index (κ3) is 3.62. The molecule has 0 radical (unpaired) electrons. The van der Waals surface area contributed by atoms with Crippen LogP contribution in [0, 0.1) is 5.92 Å². The fourth-order valence-corrected chi connectivity index (χ4v) is 2.61. The van der Waals surface area contributed by atoms with E-state index in [2.05, 4.69) is 10.3 Å². The molecule has 0 bridgehead atoms. The van der Waals surface area contributed by atoms with Gasteiger partial charge >= 0.3 is 11.7 Å². The Morgan fingerprint density at radius 1 is 1.28 bits per heavy atom. The minimum atomic E-state index is -1.16. The van der Waals surface area contributed by atoms with Gasteiger partial charge in [0, 0.05) is 14.1 Å². The number of hydrogen-bond donors (Lipinski definition) is 2. The van der Waals surface area contributed by atoms with Crippen molar-refractivity contribution in [3.63, 3.8) is 0 Å². The molecule has 2 rings (SSSR count). The molecular weight excluding hydrogens is 330 g/mol. The van der Waals surface area contributed by atoms with Crippen LogP contribution in [0.5, 0.6) is 0 Å². The number of aryl methyl sites for hydroxylation is 2. The third-order valence-corrected chi connectivity index (χ3v) is 3.84. The van der Waals surface area contributed by atoms with E-state index in [1.54, 1.807) is 7.05 Å². The smallest absolute Gasteiger partial charge is 0.332 e. The lowest BCUT2D eigenvalue weighted by Gasteiger charge is -2.17. The summed E-state index contributed by atoms with van der Waals surface area (Å²) in [6.07, 6.45) is 1.65. The Morgan fingerprint density at radius 2 is 1.92 bits per heavy atom. The molecule has 0 spiro atoms. The predicted molar refractivity (Wildman–Crippen MR) is 89.2 cm³/mol. The molecule has 0 saturated heterocycles. The minimum absolute atomic E-state index is 0.0581. The third-order valence-electron chi connectivity index (χ3n) is 3.84. The highest BCUT2D eigenvalue weighted by Gasteiger charge is 2.23. The zero-order valence-corrected chi connectivity index (χ0v) is 14.5. The van der Waals surface area contributed by atoms with E-state index in [4.69, 9.17) is 0 Å². The van der Waals surface area contributed by atoms with Crippen molar-refractivity contribution in [3.8, 4) is 0 Å². The molecule has 2 N–H and O–H groups in total. The molecule has 1 atom stereocenters. The first kappa shape index (κ1) is 18.4. The Balaban J connectivity index is 2.35. The zero-order valence-electron chi connectivity index (χ0n) is 14.5. The van der Waals surface area contributed by atoms with Crippen LogP contribution < -0.4 is 16.6 Å². The number of rotatable bonds is 6. The number of nitrogens with zero attached hydrogens (tertiary/aromatic N) is 4. The van der Waals surface area contributed by atoms with E-state index in [9.17, 15) is 24.3 Å². The lowest BCUT2D eigenvalue weighted by Crippen LogP contribution is -2.47. The number of hydrogen-bond acceptors (Lipinski definition) is 5. The second kappa shape index (κ2) is 6.91. The second-order valence-corrected chi connectivity index (χ2v) is 6.35. The van der Waals surface area contributed by atoms with Crippen molar-refractivity contribution in [2.45, 2.75) is 32.9 Å². The van der Waals surface area contributed by atoms with Gasteiger partial charge in [-0.3, -0.25) is 14.2 Å². The van der Waals surface area contributed by atoms with Gasteiger partial charge in [-0.15, -0.1) is 0 Å². The first-order valence-corrected chi connectivity index (χ1v) is 7.76. The number of imidazole rings is 1. The largest absolute Gasteiger partial charge is 0.480 e. The van der Waals surface area contributed by atoms with Crippen LogP contribution in [0.4, 0.5) is 0 Å². The van der Waals surface area contributed by atoms with Crippen molar-refractivity contribution in [1.82, 2.24) is 24.0 Å². The van der Waals surface area contributed by atoms with Crippen LogP contribution in [-0.4, -0.2) is 41.7 Å². The summed E-state index contributed by atoms with van der Waals surface area (Å²) in [6.45, 7) is 3.10. The zero-order chi connectivity index (χ0) is 18.9. The van der Waals surface area contributed by atoms with Gasteiger partial charge in [0.2, 0.25) is 5.91 Å². The lowest BCUT2D eigenvalue weighted by atomic mass is 10.0. The van der Waals surface area contributed by atoms with Crippen molar-refractivity contribution >= 4 is 23.0 Å². The van der Waals surface area contributed by atoms with Crippen molar-refractivity contribution in [2.75, 3.05) is 0 Å². The average molecular weight is 351 g/mol. The van der Waals surface area contributed by atoms with E-state index >= 15 is 0 Å². The Kier molecular flexibility index (Phi) is 5.10. The number of carbonyl (C=O) groups is 2. The topological polar surface area (TPSA) is 128 Å². The molecule has 1 amide bonds. The van der Waals surface area contributed by atoms with Crippen molar-refractivity contribution in [3.05, 3.63) is 27.2 Å². The summed E-state index contributed by atoms with van der Waals surface area (Å²) < 4.78 is 3.41. The Morgan fingerprint density at radius 3 is 2.48 bits per heavy atom. The number of aliphatic carboxylic acids is 1. The molecule has 0 aliphatic carbocycles. The molecule has 0 aliphatic rings. The summed E-state index contributed by atoms with van der Waals surface area (Å²) in [7, 11) is 3.05. The average Bonchev–Trinajstić information content (AvgIpc) is 2.90. The molecule has 10 heteroatoms. The standard InChI is InChI=1S/C15H21N5O5/c1-8(2)5-9(14(23)24)17-10(21)6-20-13(22)11-12(16-7-18(11)3)19(4)15(20)25/h7-9H,5-6H2,1-4H3,(H,17,21)(H,23,24). The molecule has 10 nitrogen and oxygen atoms in total. The molecule has 2 aromatic heterocycles. The van der Waals surface area contributed by atoms with Gasteiger partial charge in [-0.1, -0.05) is 13.8 Å². The Hall–Kier alpha value is -2.91. The van der Waals surface area contributed by atoms with E-state index in [0.717, 1.165) is 4.57 Å². The summed E-state index contributed by atoms with van der Waals surface area (Å²) in [4.78, 5) is 52.2. The molecule has 0 aromatic carbocycles. The number of carboxylic acid groups (broad SMARTS) is 1. The molecule has 2 heterocycles. The highest BCUT2D eigenvalue weighted by atomic mass is 16.4. The van der Waals surface area contributed by atoms with Gasteiger partial charge in [0.05, 0.1) is 6.33 Å². The summed E-state index contributed by atoms with van der Waals surface area (Å²) in [5.74, 6) is -1.82. The van der Waals surface area contributed by atoms with E-state index in [0.29, 0.717) is 0 Å². The monoisotopic (exact) mass is 351 g/mol. The van der Waals surface area contributed by atoms with Gasteiger partial charge in [-0.2, -0.15) is 0 Å². The Bertz CT molecular complexity index is 936. The molecule has 0 aliphatic heterocycles. The maximum absolute atomic E-state index is 12.5. The summed E-state index contributed by atoms with van der Waals surface area (Å²) in [6, 6.07) is -1.08. The number of fused-ring (bicyclic) bond motifs is 1. The summed E-state index contributed by atoms with van der Waals surface area (Å²) in [5.41, 5.74) is -0.935. The molecule has 1 unspecified atom stereocenters. The number of aromatic nitrogens is 4. The molecular formula is C15H21N5O5. The van der Waals surface area contributed by atoms with E-state index < -0.39 is 35.7 Å². The highest BCUT2D eigenvalue weighted by Crippen LogP contribution is 2.05. The van der Waals surface area contributed by atoms with Crippen LogP contribution in [0.25, 0.3) is 11.2 Å². The quantitative estimate of drug-likeness (QED) is 0.690. The van der Waals surface area contributed by atoms with Gasteiger partial charge in [-0.25, -0.2) is 19.1 Å². The molecule has 25 heavy (non-hydrogen) atoms. The lowest BCUT2D eigenvalue weighted by molar-refractivity contribution is -0.142. The van der Waals surface area contributed by atoms with Crippen molar-refractivity contribution in [1.29, 1.82) is 0 Å². The van der Waals surface area contributed by atoms with Gasteiger partial charge in [0.15, 0.2) is 11.2 Å². The summed E-state index contributed by atoms with van der Waals surface area (Å²) in [5, 5.41) is 11.5. The van der Waals surface area contributed by atoms with E-state index in [1.165, 1.54) is 22.5 Å². The Labute approximate surface area is 142 Å². The fourth-order valence-electron chi connectivity index (χ4n) is 2.61. The first-order valence-electron chi connectivity index (χ1n) is 7.76. The molecule has 0 fully saturated rings.